The Morgan fingerprint density at radius 2 is 1.55 bits per heavy atom. The predicted octanol–water partition coefficient (Wildman–Crippen LogP) is 5.18. The Balaban J connectivity index is 1.43. The zero-order valence-electron chi connectivity index (χ0n) is 24.6. The van der Waals surface area contributed by atoms with E-state index in [2.05, 4.69) is 9.44 Å². The second-order valence-corrected chi connectivity index (χ2v) is 14.5. The van der Waals surface area contributed by atoms with Crippen molar-refractivity contribution >= 4 is 31.4 Å². The summed E-state index contributed by atoms with van der Waals surface area (Å²) in [6, 6.07) is 21.5. The second kappa shape index (κ2) is 12.5. The first-order valence-electron chi connectivity index (χ1n) is 14.2. The molecule has 0 saturated heterocycles. The molecule has 4 aromatic rings. The van der Waals surface area contributed by atoms with Crippen molar-refractivity contribution in [2.45, 2.75) is 47.9 Å². The van der Waals surface area contributed by atoms with E-state index in [9.17, 15) is 26.7 Å². The van der Waals surface area contributed by atoms with Gasteiger partial charge in [-0.3, -0.25) is 4.72 Å². The summed E-state index contributed by atoms with van der Waals surface area (Å²) < 4.78 is 62.9. The van der Waals surface area contributed by atoms with Crippen LogP contribution in [-0.2, 0) is 20.0 Å². The van der Waals surface area contributed by atoms with E-state index in [-0.39, 0.29) is 39.2 Å². The molecule has 10 nitrogen and oxygen atoms in total. The Morgan fingerprint density at radius 1 is 0.886 bits per heavy atom. The van der Waals surface area contributed by atoms with Crippen molar-refractivity contribution in [1.29, 1.82) is 0 Å². The summed E-state index contributed by atoms with van der Waals surface area (Å²) in [5, 5.41) is 11.2. The zero-order chi connectivity index (χ0) is 31.6. The van der Waals surface area contributed by atoms with Crippen LogP contribution in [0, 0.1) is 5.92 Å². The van der Waals surface area contributed by atoms with Gasteiger partial charge < -0.3 is 14.4 Å². The number of rotatable bonds is 12. The molecule has 3 aromatic carbocycles. The lowest BCUT2D eigenvalue weighted by Crippen LogP contribution is -2.29. The maximum atomic E-state index is 13.4. The monoisotopic (exact) mass is 637 g/mol. The Labute approximate surface area is 257 Å². The van der Waals surface area contributed by atoms with Crippen LogP contribution in [0.4, 0.5) is 11.4 Å². The normalized spacial score (nSPS) is 15.0. The maximum absolute atomic E-state index is 13.4. The number of benzene rings is 3. The summed E-state index contributed by atoms with van der Waals surface area (Å²) in [4.78, 5) is 15.5. The first-order valence-corrected chi connectivity index (χ1v) is 17.2. The Kier molecular flexibility index (Phi) is 8.87. The molecule has 0 bridgehead atoms. The van der Waals surface area contributed by atoms with E-state index < -0.39 is 37.6 Å². The van der Waals surface area contributed by atoms with Gasteiger partial charge >= 0.3 is 5.63 Å². The fourth-order valence-electron chi connectivity index (χ4n) is 5.20. The number of nitrogens with one attached hydrogen (secondary N) is 2. The topological polar surface area (TPSA) is 146 Å². The van der Waals surface area contributed by atoms with Crippen LogP contribution in [0.2, 0.25) is 0 Å². The lowest BCUT2D eigenvalue weighted by atomic mass is 9.87. The molecule has 1 aromatic heterocycles. The Hall–Kier alpha value is -4.13. The minimum Gasteiger partial charge on any atom is -0.507 e. The van der Waals surface area contributed by atoms with Gasteiger partial charge in [-0.05, 0) is 79.3 Å². The van der Waals surface area contributed by atoms with Crippen LogP contribution in [0.3, 0.4) is 0 Å². The third-order valence-electron chi connectivity index (χ3n) is 7.65. The SMILES string of the molecule is CCC(NS(=O)(=O)c1ccccc1)c1cc(O)c(C(c2cccc(NS(=O)(=O)c3ccc(N(C)C)cc3)c2)C2CC2)c(=O)o1. The second-order valence-electron chi connectivity index (χ2n) is 11.1. The van der Waals surface area contributed by atoms with E-state index in [1.807, 2.05) is 19.0 Å². The molecule has 1 heterocycles. The summed E-state index contributed by atoms with van der Waals surface area (Å²) in [7, 11) is -4.08. The molecule has 2 atom stereocenters. The van der Waals surface area contributed by atoms with Gasteiger partial charge in [-0.15, -0.1) is 0 Å². The molecule has 1 saturated carbocycles. The molecular weight excluding hydrogens is 603 g/mol. The van der Waals surface area contributed by atoms with Crippen LogP contribution in [0.25, 0.3) is 0 Å². The maximum Gasteiger partial charge on any atom is 0.343 e. The highest BCUT2D eigenvalue weighted by Crippen LogP contribution is 2.48. The minimum absolute atomic E-state index is 0.00500. The van der Waals surface area contributed by atoms with Gasteiger partial charge in [0.2, 0.25) is 10.0 Å². The van der Waals surface area contributed by atoms with Gasteiger partial charge in [-0.2, -0.15) is 0 Å². The van der Waals surface area contributed by atoms with Gasteiger partial charge in [0.05, 0.1) is 21.4 Å². The number of hydrogen-bond acceptors (Lipinski definition) is 8. The van der Waals surface area contributed by atoms with E-state index in [1.54, 1.807) is 61.5 Å². The number of hydrogen-bond donors (Lipinski definition) is 3. The van der Waals surface area contributed by atoms with Gasteiger partial charge in [-0.1, -0.05) is 37.3 Å². The molecule has 1 fully saturated rings. The molecule has 1 aliphatic rings. The van der Waals surface area contributed by atoms with E-state index in [0.717, 1.165) is 18.5 Å². The van der Waals surface area contributed by atoms with Crippen molar-refractivity contribution in [3.8, 4) is 5.75 Å². The van der Waals surface area contributed by atoms with Crippen molar-refractivity contribution in [3.05, 3.63) is 112 Å². The van der Waals surface area contributed by atoms with Gasteiger partial charge in [-0.25, -0.2) is 26.4 Å². The van der Waals surface area contributed by atoms with E-state index in [1.165, 1.54) is 30.3 Å². The van der Waals surface area contributed by atoms with Crippen molar-refractivity contribution < 1.29 is 26.4 Å². The van der Waals surface area contributed by atoms with Crippen molar-refractivity contribution in [2.24, 2.45) is 5.92 Å². The summed E-state index contributed by atoms with van der Waals surface area (Å²) >= 11 is 0. The quantitative estimate of drug-likeness (QED) is 0.193. The summed E-state index contributed by atoms with van der Waals surface area (Å²) in [6.07, 6.45) is 1.89. The smallest absolute Gasteiger partial charge is 0.343 e. The standard InChI is InChI=1S/C32H35N3O7S2/c1-4-27(34-44(40,41)25-11-6-5-7-12-25)29-20-28(36)31(32(37)42-29)30(21-13-14-21)22-9-8-10-23(19-22)33-43(38,39)26-17-15-24(16-18-26)35(2)3/h5-12,15-21,27,30,33-34,36H,4,13-14H2,1-3H3. The zero-order valence-corrected chi connectivity index (χ0v) is 26.2. The molecular formula is C32H35N3O7S2. The Bertz CT molecular complexity index is 1900. The lowest BCUT2D eigenvalue weighted by Gasteiger charge is -2.21. The molecule has 1 aliphatic carbocycles. The number of anilines is 2. The minimum atomic E-state index is -3.92. The molecule has 232 valence electrons. The summed E-state index contributed by atoms with van der Waals surface area (Å²) in [5.74, 6) is -0.823. The van der Waals surface area contributed by atoms with E-state index in [4.69, 9.17) is 4.42 Å². The molecule has 44 heavy (non-hydrogen) atoms. The van der Waals surface area contributed by atoms with Crippen LogP contribution < -0.4 is 20.0 Å². The summed E-state index contributed by atoms with van der Waals surface area (Å²) in [5.41, 5.74) is 1.09. The molecule has 5 rings (SSSR count). The number of nitrogens with zero attached hydrogens (tertiary/aromatic N) is 1. The first-order chi connectivity index (χ1) is 20.9. The molecule has 3 N–H and O–H groups in total. The highest BCUT2D eigenvalue weighted by Gasteiger charge is 2.38. The van der Waals surface area contributed by atoms with Crippen LogP contribution in [-0.4, -0.2) is 36.0 Å². The highest BCUT2D eigenvalue weighted by atomic mass is 32.2. The van der Waals surface area contributed by atoms with Crippen LogP contribution in [0.5, 0.6) is 5.75 Å². The van der Waals surface area contributed by atoms with Crippen molar-refractivity contribution in [2.75, 3.05) is 23.7 Å². The first kappa shape index (κ1) is 31.3. The van der Waals surface area contributed by atoms with Gasteiger partial charge in [0.1, 0.15) is 11.5 Å². The largest absolute Gasteiger partial charge is 0.507 e. The van der Waals surface area contributed by atoms with Crippen molar-refractivity contribution in [3.63, 3.8) is 0 Å². The molecule has 0 aliphatic heterocycles. The average Bonchev–Trinajstić information content (AvgIpc) is 3.83. The average molecular weight is 638 g/mol. The Morgan fingerprint density at radius 3 is 2.14 bits per heavy atom. The molecule has 0 amide bonds. The third kappa shape index (κ3) is 6.82. The van der Waals surface area contributed by atoms with E-state index in [0.29, 0.717) is 11.3 Å². The molecule has 0 radical (unpaired) electrons. The van der Waals surface area contributed by atoms with Crippen LogP contribution >= 0.6 is 0 Å². The molecule has 12 heteroatoms. The fourth-order valence-corrected chi connectivity index (χ4v) is 7.56. The van der Waals surface area contributed by atoms with E-state index >= 15 is 0 Å². The lowest BCUT2D eigenvalue weighted by molar-refractivity contribution is 0.373. The van der Waals surface area contributed by atoms with Gasteiger partial charge in [0.25, 0.3) is 10.0 Å². The predicted molar refractivity (Wildman–Crippen MR) is 169 cm³/mol. The number of sulfonamides is 2. The van der Waals surface area contributed by atoms with Crippen LogP contribution in [0.15, 0.2) is 104 Å². The van der Waals surface area contributed by atoms with Gasteiger partial charge in [0, 0.05) is 37.5 Å². The molecule has 2 unspecified atom stereocenters. The van der Waals surface area contributed by atoms with Crippen molar-refractivity contribution in [1.82, 2.24) is 4.72 Å². The third-order valence-corrected chi connectivity index (χ3v) is 10.5. The molecule has 0 spiro atoms. The highest BCUT2D eigenvalue weighted by molar-refractivity contribution is 7.92. The van der Waals surface area contributed by atoms with Gasteiger partial charge in [0.15, 0.2) is 0 Å². The fraction of sp³-hybridized carbons (Fsp3) is 0.281. The summed E-state index contributed by atoms with van der Waals surface area (Å²) in [6.45, 7) is 1.74. The number of aromatic hydroxyl groups is 1. The van der Waals surface area contributed by atoms with Crippen LogP contribution in [0.1, 0.15) is 55.0 Å².